The number of nitrogens with two attached hydrogens (primary N) is 3. The average Bonchev–Trinajstić information content (AvgIpc) is 2.77. The summed E-state index contributed by atoms with van der Waals surface area (Å²) in [7, 11) is 0. The Labute approximate surface area is 190 Å². The number of hydrogen-bond acceptors (Lipinski definition) is 7. The molecule has 2 aromatic carbocycles. The van der Waals surface area contributed by atoms with Crippen molar-refractivity contribution in [2.24, 2.45) is 5.73 Å². The van der Waals surface area contributed by atoms with Crippen LogP contribution in [0.1, 0.15) is 57.3 Å². The number of nitrogens with zero attached hydrogens (tertiary/aromatic N) is 4. The van der Waals surface area contributed by atoms with Gasteiger partial charge in [-0.15, -0.1) is 0 Å². The number of fused-ring (bicyclic) bond motifs is 2. The van der Waals surface area contributed by atoms with Crippen LogP contribution in [0.3, 0.4) is 0 Å². The van der Waals surface area contributed by atoms with Crippen LogP contribution >= 0.6 is 0 Å². The van der Waals surface area contributed by atoms with E-state index in [0.717, 1.165) is 6.54 Å². The van der Waals surface area contributed by atoms with Gasteiger partial charge < -0.3 is 17.2 Å². The summed E-state index contributed by atoms with van der Waals surface area (Å²) in [5, 5.41) is 3.36. The third-order valence-corrected chi connectivity index (χ3v) is 4.87. The first kappa shape index (κ1) is 24.9. The van der Waals surface area contributed by atoms with Crippen molar-refractivity contribution in [1.29, 1.82) is 0 Å². The molecule has 0 radical (unpaired) electrons. The zero-order valence-corrected chi connectivity index (χ0v) is 19.5. The minimum Gasteiger partial charge on any atom is -0.383 e. The third kappa shape index (κ3) is 7.13. The molecule has 4 aromatic rings. The molecule has 0 aliphatic heterocycles. The quantitative estimate of drug-likeness (QED) is 0.386. The Morgan fingerprint density at radius 2 is 1.59 bits per heavy atom. The monoisotopic (exact) mass is 433 g/mol. The summed E-state index contributed by atoms with van der Waals surface area (Å²) in [6, 6.07) is 15.1. The Bertz CT molecular complexity index is 1110. The number of anilines is 2. The minimum atomic E-state index is 0.128. The van der Waals surface area contributed by atoms with Crippen LogP contribution < -0.4 is 17.2 Å². The van der Waals surface area contributed by atoms with Gasteiger partial charge in [-0.05, 0) is 42.1 Å². The molecule has 0 aliphatic carbocycles. The summed E-state index contributed by atoms with van der Waals surface area (Å²) in [5.74, 6) is 1.67. The van der Waals surface area contributed by atoms with Crippen LogP contribution in [-0.2, 0) is 0 Å². The molecule has 32 heavy (non-hydrogen) atoms. The fourth-order valence-corrected chi connectivity index (χ4v) is 3.19. The highest BCUT2D eigenvalue weighted by atomic mass is 15.1. The molecule has 0 atom stereocenters. The summed E-state index contributed by atoms with van der Waals surface area (Å²) in [5.41, 5.74) is 18.1. The summed E-state index contributed by atoms with van der Waals surface area (Å²) < 4.78 is 0. The van der Waals surface area contributed by atoms with E-state index in [1.807, 2.05) is 0 Å². The minimum absolute atomic E-state index is 0.128. The fourth-order valence-electron chi connectivity index (χ4n) is 3.19. The molecular formula is C25H35N7. The second-order valence-corrected chi connectivity index (χ2v) is 7.84. The van der Waals surface area contributed by atoms with E-state index in [9.17, 15) is 0 Å². The molecule has 0 saturated heterocycles. The van der Waals surface area contributed by atoms with Gasteiger partial charge in [-0.25, -0.2) is 9.97 Å². The van der Waals surface area contributed by atoms with Gasteiger partial charge in [0.25, 0.3) is 0 Å². The second-order valence-electron chi connectivity index (χ2n) is 7.84. The summed E-state index contributed by atoms with van der Waals surface area (Å²) in [4.78, 5) is 15.8. The molecule has 2 aromatic heterocycles. The van der Waals surface area contributed by atoms with Gasteiger partial charge in [0.2, 0.25) is 5.95 Å². The lowest BCUT2D eigenvalue weighted by molar-refractivity contribution is 0.727. The predicted molar refractivity (Wildman–Crippen MR) is 135 cm³/mol. The number of unbranched alkanes of at least 4 members (excludes halogenated alkanes) is 2. The van der Waals surface area contributed by atoms with Gasteiger partial charge in [0.1, 0.15) is 11.6 Å². The zero-order valence-electron chi connectivity index (χ0n) is 19.5. The van der Waals surface area contributed by atoms with Crippen molar-refractivity contribution in [3.8, 4) is 0 Å². The maximum atomic E-state index is 5.60. The lowest BCUT2D eigenvalue weighted by Crippen LogP contribution is -2.02. The van der Waals surface area contributed by atoms with Gasteiger partial charge in [-0.1, -0.05) is 76.1 Å². The molecule has 0 fully saturated rings. The molecule has 0 saturated carbocycles. The highest BCUT2D eigenvalue weighted by molar-refractivity contribution is 5.86. The molecule has 0 aliphatic rings. The van der Waals surface area contributed by atoms with E-state index in [0.29, 0.717) is 28.6 Å². The van der Waals surface area contributed by atoms with Crippen molar-refractivity contribution >= 4 is 33.6 Å². The van der Waals surface area contributed by atoms with E-state index in [1.165, 1.54) is 35.6 Å². The smallest absolute Gasteiger partial charge is 0.224 e. The third-order valence-electron chi connectivity index (χ3n) is 4.87. The SMILES string of the molecule is CC(C)c1cccc2ccccc12.CCCCCN.Cc1ncc2c(N)nc(N)nc2n1. The van der Waals surface area contributed by atoms with E-state index < -0.39 is 0 Å². The molecule has 0 spiro atoms. The van der Waals surface area contributed by atoms with Gasteiger partial charge in [0.15, 0.2) is 5.65 Å². The molecule has 0 amide bonds. The number of nitrogen functional groups attached to an aromatic ring is 2. The molecule has 7 heteroatoms. The normalized spacial score (nSPS) is 10.4. The van der Waals surface area contributed by atoms with Crippen molar-refractivity contribution in [1.82, 2.24) is 19.9 Å². The van der Waals surface area contributed by atoms with Gasteiger partial charge in [-0.3, -0.25) is 0 Å². The van der Waals surface area contributed by atoms with E-state index >= 15 is 0 Å². The Balaban J connectivity index is 0.000000183. The van der Waals surface area contributed by atoms with Crippen LogP contribution in [-0.4, -0.2) is 26.5 Å². The van der Waals surface area contributed by atoms with Crippen molar-refractivity contribution in [3.63, 3.8) is 0 Å². The number of rotatable bonds is 4. The molecule has 0 unspecified atom stereocenters. The Kier molecular flexibility index (Phi) is 9.76. The summed E-state index contributed by atoms with van der Waals surface area (Å²) in [6.07, 6.45) is 5.34. The molecule has 0 bridgehead atoms. The second kappa shape index (κ2) is 12.5. The molecule has 4 rings (SSSR count). The predicted octanol–water partition coefficient (Wildman–Crippen LogP) is 4.99. The first-order chi connectivity index (χ1) is 15.4. The topological polar surface area (TPSA) is 130 Å². The van der Waals surface area contributed by atoms with Gasteiger partial charge in [0, 0.05) is 6.20 Å². The molecule has 6 N–H and O–H groups in total. The van der Waals surface area contributed by atoms with Crippen LogP contribution in [0.5, 0.6) is 0 Å². The van der Waals surface area contributed by atoms with E-state index in [-0.39, 0.29) is 5.95 Å². The standard InChI is InChI=1S/C13H14.C7H8N6.C5H13N/c1-10(2)12-9-5-7-11-6-3-4-8-13(11)12;1-3-10-2-4-5(8)12-7(9)13-6(4)11-3;1-2-3-4-5-6/h3-10H,1-2H3;2H,1H3,(H4,8,9,10,11,12,13);2-6H2,1H3. The first-order valence-electron chi connectivity index (χ1n) is 11.1. The van der Waals surface area contributed by atoms with Crippen LogP contribution in [0, 0.1) is 6.92 Å². The lowest BCUT2D eigenvalue weighted by atomic mass is 9.96. The van der Waals surface area contributed by atoms with Crippen molar-refractivity contribution in [2.75, 3.05) is 18.0 Å². The van der Waals surface area contributed by atoms with E-state index in [2.05, 4.69) is 83.2 Å². The molecule has 170 valence electrons. The van der Waals surface area contributed by atoms with Crippen LogP contribution in [0.25, 0.3) is 21.8 Å². The van der Waals surface area contributed by atoms with Crippen LogP contribution in [0.2, 0.25) is 0 Å². The number of benzene rings is 2. The number of hydrogen-bond donors (Lipinski definition) is 3. The van der Waals surface area contributed by atoms with Gasteiger partial charge >= 0.3 is 0 Å². The average molecular weight is 434 g/mol. The Hall–Kier alpha value is -3.32. The van der Waals surface area contributed by atoms with Crippen molar-refractivity contribution < 1.29 is 0 Å². The zero-order chi connectivity index (χ0) is 23.5. The van der Waals surface area contributed by atoms with Crippen molar-refractivity contribution in [2.45, 2.75) is 52.9 Å². The van der Waals surface area contributed by atoms with Gasteiger partial charge in [0.05, 0.1) is 5.39 Å². The Morgan fingerprint density at radius 1 is 0.875 bits per heavy atom. The number of aromatic nitrogens is 4. The fraction of sp³-hybridized carbons (Fsp3) is 0.360. The Morgan fingerprint density at radius 3 is 2.25 bits per heavy atom. The first-order valence-corrected chi connectivity index (χ1v) is 11.1. The molecule has 2 heterocycles. The number of aryl methyl sites for hydroxylation is 1. The van der Waals surface area contributed by atoms with Crippen LogP contribution in [0.15, 0.2) is 48.7 Å². The maximum absolute atomic E-state index is 5.60. The summed E-state index contributed by atoms with van der Waals surface area (Å²) >= 11 is 0. The van der Waals surface area contributed by atoms with Crippen molar-refractivity contribution in [3.05, 3.63) is 60.0 Å². The summed E-state index contributed by atoms with van der Waals surface area (Å²) in [6.45, 7) is 9.28. The largest absolute Gasteiger partial charge is 0.383 e. The van der Waals surface area contributed by atoms with E-state index in [1.54, 1.807) is 13.1 Å². The van der Waals surface area contributed by atoms with Crippen LogP contribution in [0.4, 0.5) is 11.8 Å². The molecular weight excluding hydrogens is 398 g/mol. The lowest BCUT2D eigenvalue weighted by Gasteiger charge is -2.08. The maximum Gasteiger partial charge on any atom is 0.224 e. The van der Waals surface area contributed by atoms with Gasteiger partial charge in [-0.2, -0.15) is 9.97 Å². The van der Waals surface area contributed by atoms with E-state index in [4.69, 9.17) is 17.2 Å². The highest BCUT2D eigenvalue weighted by Crippen LogP contribution is 2.24. The molecule has 7 nitrogen and oxygen atoms in total. The highest BCUT2D eigenvalue weighted by Gasteiger charge is 2.04.